The van der Waals surface area contributed by atoms with Crippen molar-refractivity contribution in [3.05, 3.63) is 23.8 Å². The van der Waals surface area contributed by atoms with E-state index >= 15 is 0 Å². The fraction of sp³-hybridized carbons (Fsp3) is 0.562. The Kier molecular flexibility index (Phi) is 4.51. The Hall–Kier alpha value is -1.73. The largest absolute Gasteiger partial charge is 0.497 e. The van der Waals surface area contributed by atoms with Gasteiger partial charge in [0.25, 0.3) is 0 Å². The second-order valence-corrected chi connectivity index (χ2v) is 5.78. The summed E-state index contributed by atoms with van der Waals surface area (Å²) in [5.41, 5.74) is 0.625. The third-order valence-corrected chi connectivity index (χ3v) is 4.16. The van der Waals surface area contributed by atoms with E-state index in [1.54, 1.807) is 25.3 Å². The van der Waals surface area contributed by atoms with Crippen molar-refractivity contribution >= 4 is 5.69 Å². The van der Waals surface area contributed by atoms with Crippen LogP contribution in [0.4, 0.5) is 5.69 Å². The molecule has 0 saturated heterocycles. The third-order valence-electron chi connectivity index (χ3n) is 4.16. The zero-order valence-electron chi connectivity index (χ0n) is 12.1. The summed E-state index contributed by atoms with van der Waals surface area (Å²) in [6, 6.07) is 7.45. The first kappa shape index (κ1) is 14.7. The van der Waals surface area contributed by atoms with Crippen LogP contribution >= 0.6 is 0 Å². The molecule has 0 radical (unpaired) electrons. The predicted molar refractivity (Wildman–Crippen MR) is 78.8 cm³/mol. The Labute approximate surface area is 120 Å². The molecule has 1 aromatic carbocycles. The molecule has 0 spiro atoms. The zero-order valence-corrected chi connectivity index (χ0v) is 12.1. The van der Waals surface area contributed by atoms with E-state index in [9.17, 15) is 5.11 Å². The summed E-state index contributed by atoms with van der Waals surface area (Å²) in [6.45, 7) is 2.70. The molecule has 0 aromatic heterocycles. The minimum atomic E-state index is -0.664. The smallest absolute Gasteiger partial charge is 0.121 e. The highest BCUT2D eigenvalue weighted by Crippen LogP contribution is 2.32. The number of nitrogens with one attached hydrogen (secondary N) is 1. The molecule has 0 atom stereocenters. The first-order valence-corrected chi connectivity index (χ1v) is 7.11. The molecule has 0 unspecified atom stereocenters. The van der Waals surface area contributed by atoms with Gasteiger partial charge in [-0.05, 0) is 43.7 Å². The van der Waals surface area contributed by atoms with Crippen LogP contribution in [-0.2, 0) is 0 Å². The van der Waals surface area contributed by atoms with Crippen molar-refractivity contribution in [3.63, 3.8) is 0 Å². The molecule has 1 saturated carbocycles. The second-order valence-electron chi connectivity index (χ2n) is 5.78. The molecule has 108 valence electrons. The number of aliphatic hydroxyl groups is 1. The SMILES string of the molecule is COc1ccc(C#N)c(NCC2(O)CCC(C)CC2)c1. The lowest BCUT2D eigenvalue weighted by atomic mass is 9.79. The van der Waals surface area contributed by atoms with Gasteiger partial charge in [-0.1, -0.05) is 6.92 Å². The van der Waals surface area contributed by atoms with Gasteiger partial charge in [0.05, 0.1) is 24.0 Å². The number of methoxy groups -OCH3 is 1. The highest BCUT2D eigenvalue weighted by Gasteiger charge is 2.31. The highest BCUT2D eigenvalue weighted by molar-refractivity contribution is 5.60. The number of anilines is 1. The van der Waals surface area contributed by atoms with Gasteiger partial charge < -0.3 is 15.2 Å². The van der Waals surface area contributed by atoms with Crippen molar-refractivity contribution in [2.45, 2.75) is 38.2 Å². The van der Waals surface area contributed by atoms with Crippen molar-refractivity contribution in [2.75, 3.05) is 19.0 Å². The third kappa shape index (κ3) is 3.43. The minimum absolute atomic E-state index is 0.474. The zero-order chi connectivity index (χ0) is 14.6. The Morgan fingerprint density at radius 2 is 2.15 bits per heavy atom. The fourth-order valence-electron chi connectivity index (χ4n) is 2.63. The van der Waals surface area contributed by atoms with Gasteiger partial charge in [-0.15, -0.1) is 0 Å². The number of nitrogens with zero attached hydrogens (tertiary/aromatic N) is 1. The molecule has 4 heteroatoms. The van der Waals surface area contributed by atoms with Gasteiger partial charge in [0.15, 0.2) is 0 Å². The number of benzene rings is 1. The molecule has 0 aliphatic heterocycles. The topological polar surface area (TPSA) is 65.3 Å². The van der Waals surface area contributed by atoms with Crippen molar-refractivity contribution in [3.8, 4) is 11.8 Å². The van der Waals surface area contributed by atoms with Gasteiger partial charge in [0, 0.05) is 12.6 Å². The van der Waals surface area contributed by atoms with Crippen LogP contribution in [0.5, 0.6) is 5.75 Å². The lowest BCUT2D eigenvalue weighted by molar-refractivity contribution is 0.00500. The average molecular weight is 274 g/mol. The summed E-state index contributed by atoms with van der Waals surface area (Å²) >= 11 is 0. The Morgan fingerprint density at radius 1 is 1.45 bits per heavy atom. The van der Waals surface area contributed by atoms with Crippen LogP contribution in [-0.4, -0.2) is 24.4 Å². The normalized spacial score (nSPS) is 25.8. The van der Waals surface area contributed by atoms with Crippen LogP contribution in [0.3, 0.4) is 0 Å². The summed E-state index contributed by atoms with van der Waals surface area (Å²) in [7, 11) is 1.60. The molecule has 2 N–H and O–H groups in total. The lowest BCUT2D eigenvalue weighted by Crippen LogP contribution is -2.40. The van der Waals surface area contributed by atoms with E-state index in [1.165, 1.54) is 0 Å². The maximum absolute atomic E-state index is 10.6. The molecule has 0 bridgehead atoms. The number of nitriles is 1. The summed E-state index contributed by atoms with van der Waals surface area (Å²) in [6.07, 6.45) is 3.74. The Balaban J connectivity index is 2.05. The number of rotatable bonds is 4. The number of ether oxygens (including phenoxy) is 1. The van der Waals surface area contributed by atoms with Crippen molar-refractivity contribution in [2.24, 2.45) is 5.92 Å². The van der Waals surface area contributed by atoms with Crippen LogP contribution in [0.1, 0.15) is 38.2 Å². The number of hydrogen-bond acceptors (Lipinski definition) is 4. The predicted octanol–water partition coefficient (Wildman–Crippen LogP) is 2.92. The van der Waals surface area contributed by atoms with Crippen molar-refractivity contribution in [1.29, 1.82) is 5.26 Å². The van der Waals surface area contributed by atoms with E-state index in [0.717, 1.165) is 31.4 Å². The van der Waals surface area contributed by atoms with E-state index in [0.29, 0.717) is 23.8 Å². The maximum Gasteiger partial charge on any atom is 0.121 e. The van der Waals surface area contributed by atoms with E-state index in [1.807, 2.05) is 0 Å². The summed E-state index contributed by atoms with van der Waals surface area (Å²) in [4.78, 5) is 0. The number of hydrogen-bond donors (Lipinski definition) is 2. The lowest BCUT2D eigenvalue weighted by Gasteiger charge is -2.35. The average Bonchev–Trinajstić information content (AvgIpc) is 2.48. The first-order valence-electron chi connectivity index (χ1n) is 7.11. The van der Waals surface area contributed by atoms with Crippen molar-refractivity contribution in [1.82, 2.24) is 0 Å². The molecule has 2 rings (SSSR count). The summed E-state index contributed by atoms with van der Waals surface area (Å²) in [5.74, 6) is 1.40. The standard InChI is InChI=1S/C16H22N2O2/c1-12-5-7-16(19,8-6-12)11-18-15-9-14(20-2)4-3-13(15)10-17/h3-4,9,12,18-19H,5-8,11H2,1-2H3. The minimum Gasteiger partial charge on any atom is -0.497 e. The molecule has 20 heavy (non-hydrogen) atoms. The molecule has 1 aromatic rings. The monoisotopic (exact) mass is 274 g/mol. The van der Waals surface area contributed by atoms with E-state index in [2.05, 4.69) is 18.3 Å². The van der Waals surface area contributed by atoms with Gasteiger partial charge in [-0.25, -0.2) is 0 Å². The molecular weight excluding hydrogens is 252 g/mol. The Bertz CT molecular complexity index is 500. The van der Waals surface area contributed by atoms with Gasteiger partial charge in [-0.2, -0.15) is 5.26 Å². The molecule has 0 amide bonds. The van der Waals surface area contributed by atoms with Gasteiger partial charge >= 0.3 is 0 Å². The molecular formula is C16H22N2O2. The summed E-state index contributed by atoms with van der Waals surface area (Å²) < 4.78 is 5.17. The first-order chi connectivity index (χ1) is 9.56. The molecule has 4 nitrogen and oxygen atoms in total. The van der Waals surface area contributed by atoms with E-state index in [4.69, 9.17) is 10.00 Å². The Morgan fingerprint density at radius 3 is 2.75 bits per heavy atom. The fourth-order valence-corrected chi connectivity index (χ4v) is 2.63. The van der Waals surface area contributed by atoms with Crippen LogP contribution in [0, 0.1) is 17.2 Å². The van der Waals surface area contributed by atoms with Crippen LogP contribution in [0.2, 0.25) is 0 Å². The highest BCUT2D eigenvalue weighted by atomic mass is 16.5. The molecule has 1 fully saturated rings. The van der Waals surface area contributed by atoms with Gasteiger partial charge in [0.2, 0.25) is 0 Å². The summed E-state index contributed by atoms with van der Waals surface area (Å²) in [5, 5.41) is 22.9. The van der Waals surface area contributed by atoms with Gasteiger partial charge in [0.1, 0.15) is 11.8 Å². The van der Waals surface area contributed by atoms with Crippen molar-refractivity contribution < 1.29 is 9.84 Å². The van der Waals surface area contributed by atoms with Crippen LogP contribution < -0.4 is 10.1 Å². The molecule has 1 aliphatic carbocycles. The second kappa shape index (κ2) is 6.15. The molecule has 1 aliphatic rings. The van der Waals surface area contributed by atoms with E-state index in [-0.39, 0.29) is 0 Å². The van der Waals surface area contributed by atoms with Crippen LogP contribution in [0.25, 0.3) is 0 Å². The van der Waals surface area contributed by atoms with Gasteiger partial charge in [-0.3, -0.25) is 0 Å². The van der Waals surface area contributed by atoms with Crippen LogP contribution in [0.15, 0.2) is 18.2 Å². The van der Waals surface area contributed by atoms with E-state index < -0.39 is 5.60 Å². The molecule has 0 heterocycles. The maximum atomic E-state index is 10.6. The quantitative estimate of drug-likeness (QED) is 0.886.